The zero-order valence-corrected chi connectivity index (χ0v) is 7.88. The second-order valence-corrected chi connectivity index (χ2v) is 3.56. The average Bonchev–Trinajstić information content (AvgIpc) is 1.86. The lowest BCUT2D eigenvalue weighted by molar-refractivity contribution is 0.275. The molecule has 0 aromatic heterocycles. The standard InChI is InChI=1S/C4H9O5P2/c1-2-3-4-8-11(7)9-10(5)6/h2-4H2,1H3/q+1/p+1. The summed E-state index contributed by atoms with van der Waals surface area (Å²) >= 11 is 0. The van der Waals surface area contributed by atoms with E-state index in [-0.39, 0.29) is 6.61 Å². The van der Waals surface area contributed by atoms with Crippen LogP contribution in [0, 0.1) is 0 Å². The van der Waals surface area contributed by atoms with Crippen LogP contribution in [-0.2, 0) is 18.0 Å². The summed E-state index contributed by atoms with van der Waals surface area (Å²) in [6.45, 7) is 2.23. The summed E-state index contributed by atoms with van der Waals surface area (Å²) in [6.07, 6.45) is 1.67. The molecule has 0 bridgehead atoms. The molecule has 1 N–H and O–H groups in total. The van der Waals surface area contributed by atoms with Gasteiger partial charge in [0, 0.05) is 9.13 Å². The Morgan fingerprint density at radius 3 is 2.55 bits per heavy atom. The molecule has 0 amide bonds. The molecule has 0 heterocycles. The van der Waals surface area contributed by atoms with Gasteiger partial charge in [0.2, 0.25) is 0 Å². The van der Waals surface area contributed by atoms with E-state index >= 15 is 0 Å². The van der Waals surface area contributed by atoms with E-state index in [4.69, 9.17) is 4.89 Å². The number of rotatable bonds is 6. The van der Waals surface area contributed by atoms with Gasteiger partial charge in [-0.05, 0) is 6.42 Å². The van der Waals surface area contributed by atoms with Gasteiger partial charge in [0.15, 0.2) is 4.31 Å². The Hall–Kier alpha value is 0.0800. The molecular formula is C4H10O5P2+2. The lowest BCUT2D eigenvalue weighted by Crippen LogP contribution is -1.84. The fourth-order valence-corrected chi connectivity index (χ4v) is 1.29. The highest BCUT2D eigenvalue weighted by molar-refractivity contribution is 7.47. The second kappa shape index (κ2) is 6.77. The van der Waals surface area contributed by atoms with Gasteiger partial charge in [-0.1, -0.05) is 13.3 Å². The zero-order valence-electron chi connectivity index (χ0n) is 6.10. The van der Waals surface area contributed by atoms with E-state index in [2.05, 4.69) is 8.83 Å². The van der Waals surface area contributed by atoms with E-state index in [0.29, 0.717) is 0 Å². The summed E-state index contributed by atoms with van der Waals surface area (Å²) in [5.74, 6) is 0. The van der Waals surface area contributed by atoms with Gasteiger partial charge in [0.1, 0.15) is 6.61 Å². The fourth-order valence-electron chi connectivity index (χ4n) is 0.364. The van der Waals surface area contributed by atoms with Crippen LogP contribution in [0.25, 0.3) is 0 Å². The summed E-state index contributed by atoms with van der Waals surface area (Å²) < 4.78 is 28.9. The van der Waals surface area contributed by atoms with E-state index in [9.17, 15) is 9.13 Å². The smallest absolute Gasteiger partial charge is 0.131 e. The summed E-state index contributed by atoms with van der Waals surface area (Å²) in [4.78, 5) is 8.10. The average molecular weight is 200 g/mol. The molecule has 0 fully saturated rings. The van der Waals surface area contributed by atoms with Crippen LogP contribution in [0.5, 0.6) is 0 Å². The van der Waals surface area contributed by atoms with Crippen LogP contribution in [-0.4, -0.2) is 11.5 Å². The van der Waals surface area contributed by atoms with E-state index in [1.807, 2.05) is 6.92 Å². The minimum absolute atomic E-state index is 0.287. The third-order valence-corrected chi connectivity index (χ3v) is 2.32. The lowest BCUT2D eigenvalue weighted by atomic mass is 10.4. The molecule has 0 radical (unpaired) electrons. The van der Waals surface area contributed by atoms with Gasteiger partial charge in [0.05, 0.1) is 0 Å². The first-order chi connectivity index (χ1) is 5.16. The Balaban J connectivity index is 3.30. The van der Waals surface area contributed by atoms with Gasteiger partial charge in [-0.25, -0.2) is 0 Å². The third kappa shape index (κ3) is 7.98. The molecule has 0 spiro atoms. The molecule has 0 aliphatic heterocycles. The SMILES string of the molecule is CCCCO[P+](=O)O[P+](=O)O. The van der Waals surface area contributed by atoms with Crippen LogP contribution in [0.4, 0.5) is 0 Å². The number of hydrogen-bond acceptors (Lipinski definition) is 4. The molecule has 11 heavy (non-hydrogen) atoms. The molecule has 64 valence electrons. The van der Waals surface area contributed by atoms with Crippen molar-refractivity contribution in [3.05, 3.63) is 0 Å². The largest absolute Gasteiger partial charge is 0.747 e. The molecule has 2 atom stereocenters. The minimum atomic E-state index is -2.82. The van der Waals surface area contributed by atoms with Crippen molar-refractivity contribution < 1.29 is 22.9 Å². The highest BCUT2D eigenvalue weighted by atomic mass is 31.2. The van der Waals surface area contributed by atoms with Crippen molar-refractivity contribution in [1.29, 1.82) is 0 Å². The van der Waals surface area contributed by atoms with Crippen LogP contribution in [0.15, 0.2) is 0 Å². The fraction of sp³-hybridized carbons (Fsp3) is 1.00. The maximum Gasteiger partial charge on any atom is 0.747 e. The van der Waals surface area contributed by atoms with Crippen molar-refractivity contribution in [3.63, 3.8) is 0 Å². The van der Waals surface area contributed by atoms with E-state index in [0.717, 1.165) is 12.8 Å². The maximum atomic E-state index is 10.5. The summed E-state index contributed by atoms with van der Waals surface area (Å²) in [6, 6.07) is 0. The molecule has 0 aliphatic carbocycles. The molecule has 0 aliphatic rings. The van der Waals surface area contributed by atoms with Gasteiger partial charge < -0.3 is 0 Å². The highest BCUT2D eigenvalue weighted by Crippen LogP contribution is 2.35. The van der Waals surface area contributed by atoms with Crippen molar-refractivity contribution in [2.75, 3.05) is 6.61 Å². The first-order valence-electron chi connectivity index (χ1n) is 3.11. The third-order valence-electron chi connectivity index (χ3n) is 0.831. The monoisotopic (exact) mass is 200 g/mol. The molecular weight excluding hydrogens is 190 g/mol. The number of hydrogen-bond donors (Lipinski definition) is 1. The first kappa shape index (κ1) is 11.1. The molecule has 7 heteroatoms. The predicted octanol–water partition coefficient (Wildman–Crippen LogP) is 2.13. The van der Waals surface area contributed by atoms with Crippen molar-refractivity contribution in [3.8, 4) is 0 Å². The van der Waals surface area contributed by atoms with Crippen molar-refractivity contribution >= 4 is 16.5 Å². The van der Waals surface area contributed by atoms with Crippen LogP contribution in [0.3, 0.4) is 0 Å². The molecule has 5 nitrogen and oxygen atoms in total. The maximum absolute atomic E-state index is 10.5. The van der Waals surface area contributed by atoms with Gasteiger partial charge in [-0.3, -0.25) is 0 Å². The highest BCUT2D eigenvalue weighted by Gasteiger charge is 2.36. The minimum Gasteiger partial charge on any atom is -0.131 e. The Morgan fingerprint density at radius 1 is 1.45 bits per heavy atom. The lowest BCUT2D eigenvalue weighted by Gasteiger charge is -1.83. The Morgan fingerprint density at radius 2 is 2.09 bits per heavy atom. The summed E-state index contributed by atoms with van der Waals surface area (Å²) in [5, 5.41) is 0. The molecule has 0 saturated carbocycles. The van der Waals surface area contributed by atoms with Crippen LogP contribution in [0.1, 0.15) is 19.8 Å². The van der Waals surface area contributed by atoms with Crippen LogP contribution >= 0.6 is 16.5 Å². The molecule has 0 saturated heterocycles. The van der Waals surface area contributed by atoms with Gasteiger partial charge in [0.25, 0.3) is 0 Å². The quantitative estimate of drug-likeness (QED) is 0.525. The normalized spacial score (nSPS) is 12.9. The van der Waals surface area contributed by atoms with Gasteiger partial charge in [-0.2, -0.15) is 0 Å². The van der Waals surface area contributed by atoms with Crippen LogP contribution < -0.4 is 0 Å². The van der Waals surface area contributed by atoms with E-state index in [1.54, 1.807) is 0 Å². The summed E-state index contributed by atoms with van der Waals surface area (Å²) in [7, 11) is -5.23. The van der Waals surface area contributed by atoms with E-state index < -0.39 is 16.5 Å². The van der Waals surface area contributed by atoms with Gasteiger partial charge >= 0.3 is 16.5 Å². The predicted molar refractivity (Wildman–Crippen MR) is 39.4 cm³/mol. The molecule has 2 unspecified atom stereocenters. The first-order valence-corrected chi connectivity index (χ1v) is 5.33. The molecule has 0 aromatic carbocycles. The Bertz CT molecular complexity index is 147. The van der Waals surface area contributed by atoms with Crippen LogP contribution in [0.2, 0.25) is 0 Å². The second-order valence-electron chi connectivity index (χ2n) is 1.73. The Kier molecular flexibility index (Phi) is 6.82. The summed E-state index contributed by atoms with van der Waals surface area (Å²) in [5.41, 5.74) is 0. The Labute approximate surface area is 66.6 Å². The van der Waals surface area contributed by atoms with Crippen molar-refractivity contribution in [2.24, 2.45) is 0 Å². The van der Waals surface area contributed by atoms with Gasteiger partial charge in [-0.15, -0.1) is 9.42 Å². The molecule has 0 aromatic rings. The molecule has 0 rings (SSSR count). The van der Waals surface area contributed by atoms with Crippen molar-refractivity contribution in [1.82, 2.24) is 0 Å². The topological polar surface area (TPSA) is 72.8 Å². The van der Waals surface area contributed by atoms with Crippen molar-refractivity contribution in [2.45, 2.75) is 19.8 Å². The number of unbranched alkanes of at least 4 members (excludes halogenated alkanes) is 1. The van der Waals surface area contributed by atoms with E-state index in [1.165, 1.54) is 0 Å². The zero-order chi connectivity index (χ0) is 8.69.